The van der Waals surface area contributed by atoms with Crippen LogP contribution in [0, 0.1) is 0 Å². The van der Waals surface area contributed by atoms with Gasteiger partial charge in [0.15, 0.2) is 11.7 Å². The van der Waals surface area contributed by atoms with Crippen molar-refractivity contribution in [2.75, 3.05) is 11.1 Å². The number of nitrogens with zero attached hydrogens (tertiary/aromatic N) is 1. The minimum Gasteiger partial charge on any atom is -0.369 e. The molecule has 29 heavy (non-hydrogen) atoms. The summed E-state index contributed by atoms with van der Waals surface area (Å²) in [4.78, 5) is 33.1. The number of anilines is 2. The zero-order valence-corrected chi connectivity index (χ0v) is 15.9. The Kier molecular flexibility index (Phi) is 4.83. The summed E-state index contributed by atoms with van der Waals surface area (Å²) >= 11 is 0. The number of hydrogen-bond acceptors (Lipinski definition) is 4. The second-order valence-electron chi connectivity index (χ2n) is 6.74. The zero-order chi connectivity index (χ0) is 20.4. The Morgan fingerprint density at radius 2 is 1.79 bits per heavy atom. The number of ketones is 1. The summed E-state index contributed by atoms with van der Waals surface area (Å²) in [6.07, 6.45) is 0.874. The maximum Gasteiger partial charge on any atom is 0.256 e. The lowest BCUT2D eigenvalue weighted by Crippen LogP contribution is -2.17. The minimum absolute atomic E-state index is 0.242. The third kappa shape index (κ3) is 3.73. The van der Waals surface area contributed by atoms with Crippen LogP contribution in [0.15, 0.2) is 66.7 Å². The van der Waals surface area contributed by atoms with Crippen molar-refractivity contribution in [2.45, 2.75) is 13.3 Å². The Morgan fingerprint density at radius 3 is 2.59 bits per heavy atom. The Balaban J connectivity index is 1.66. The predicted molar refractivity (Wildman–Crippen MR) is 114 cm³/mol. The highest BCUT2D eigenvalue weighted by atomic mass is 16.2. The van der Waals surface area contributed by atoms with Crippen LogP contribution in [0.3, 0.4) is 0 Å². The van der Waals surface area contributed by atoms with Gasteiger partial charge in [-0.2, -0.15) is 0 Å². The Labute approximate surface area is 167 Å². The van der Waals surface area contributed by atoms with Crippen LogP contribution in [-0.4, -0.2) is 21.7 Å². The molecule has 0 bridgehead atoms. The summed E-state index contributed by atoms with van der Waals surface area (Å²) in [6, 6.07) is 19.6. The minimum atomic E-state index is -0.325. The Hall–Kier alpha value is -3.93. The molecule has 0 radical (unpaired) electrons. The number of nitrogens with two attached hydrogens (primary N) is 1. The first-order valence-corrected chi connectivity index (χ1v) is 9.34. The summed E-state index contributed by atoms with van der Waals surface area (Å²) < 4.78 is 0. The molecule has 144 valence electrons. The Bertz CT molecular complexity index is 1230. The molecule has 4 N–H and O–H groups in total. The number of H-pyrrole nitrogens is 1. The summed E-state index contributed by atoms with van der Waals surface area (Å²) in [6.45, 7) is 2.05. The summed E-state index contributed by atoms with van der Waals surface area (Å²) in [7, 11) is 0. The van der Waals surface area contributed by atoms with Crippen LogP contribution in [0.2, 0.25) is 0 Å². The summed E-state index contributed by atoms with van der Waals surface area (Å²) in [5.41, 5.74) is 9.97. The van der Waals surface area contributed by atoms with Gasteiger partial charge in [0.2, 0.25) is 0 Å². The first-order valence-electron chi connectivity index (χ1n) is 9.34. The molecule has 0 aliphatic rings. The smallest absolute Gasteiger partial charge is 0.256 e. The monoisotopic (exact) mass is 384 g/mol. The lowest BCUT2D eigenvalue weighted by atomic mass is 9.97. The summed E-state index contributed by atoms with van der Waals surface area (Å²) in [5, 5.41) is 2.89. The van der Waals surface area contributed by atoms with Crippen LogP contribution in [0.5, 0.6) is 0 Å². The molecule has 0 saturated heterocycles. The molecule has 1 heterocycles. The third-order valence-electron chi connectivity index (χ3n) is 4.77. The fourth-order valence-corrected chi connectivity index (χ4v) is 3.27. The molecular weight excluding hydrogens is 364 g/mol. The molecule has 6 nitrogen and oxygen atoms in total. The van der Waals surface area contributed by atoms with Gasteiger partial charge in [0, 0.05) is 16.8 Å². The van der Waals surface area contributed by atoms with Gasteiger partial charge in [-0.05, 0) is 48.4 Å². The second-order valence-corrected chi connectivity index (χ2v) is 6.74. The highest BCUT2D eigenvalue weighted by Gasteiger charge is 2.19. The van der Waals surface area contributed by atoms with Crippen molar-refractivity contribution in [1.29, 1.82) is 0 Å². The van der Waals surface area contributed by atoms with Crippen LogP contribution in [-0.2, 0) is 6.42 Å². The van der Waals surface area contributed by atoms with Gasteiger partial charge in [0.25, 0.3) is 5.91 Å². The van der Waals surface area contributed by atoms with Crippen LogP contribution in [0.25, 0.3) is 11.0 Å². The van der Waals surface area contributed by atoms with Gasteiger partial charge in [0.1, 0.15) is 0 Å². The third-order valence-corrected chi connectivity index (χ3v) is 4.77. The van der Waals surface area contributed by atoms with E-state index < -0.39 is 0 Å². The van der Waals surface area contributed by atoms with Crippen molar-refractivity contribution < 1.29 is 9.59 Å². The number of aromatic nitrogens is 2. The van der Waals surface area contributed by atoms with Crippen molar-refractivity contribution in [3.05, 3.63) is 89.0 Å². The number of aryl methyl sites for hydroxylation is 1. The van der Waals surface area contributed by atoms with Gasteiger partial charge in [0.05, 0.1) is 16.6 Å². The first kappa shape index (κ1) is 18.4. The standard InChI is InChI=1S/C23H20N4O2/c1-2-14-6-5-7-16(12-14)25-22(29)18-9-4-3-8-17(18)21(28)15-10-11-19-20(13-15)27-23(24)26-19/h3-13H,2H2,1H3,(H,25,29)(H3,24,26,27). The number of hydrogen-bond donors (Lipinski definition) is 3. The van der Waals surface area contributed by atoms with E-state index in [9.17, 15) is 9.59 Å². The molecule has 0 unspecified atom stereocenters. The van der Waals surface area contributed by atoms with Gasteiger partial charge in [-0.15, -0.1) is 0 Å². The van der Waals surface area contributed by atoms with Crippen molar-refractivity contribution in [1.82, 2.24) is 9.97 Å². The molecule has 0 spiro atoms. The molecule has 0 aliphatic carbocycles. The topological polar surface area (TPSA) is 101 Å². The van der Waals surface area contributed by atoms with Crippen LogP contribution in [0.4, 0.5) is 11.6 Å². The van der Waals surface area contributed by atoms with E-state index in [1.54, 1.807) is 42.5 Å². The molecule has 0 saturated carbocycles. The van der Waals surface area contributed by atoms with Gasteiger partial charge in [-0.1, -0.05) is 37.3 Å². The van der Waals surface area contributed by atoms with Crippen LogP contribution < -0.4 is 11.1 Å². The number of amides is 1. The highest BCUT2D eigenvalue weighted by Crippen LogP contribution is 2.21. The second kappa shape index (κ2) is 7.59. The van der Waals surface area contributed by atoms with Gasteiger partial charge in [-0.25, -0.2) is 4.98 Å². The van der Waals surface area contributed by atoms with E-state index in [0.29, 0.717) is 39.4 Å². The van der Waals surface area contributed by atoms with E-state index in [1.165, 1.54) is 0 Å². The first-order chi connectivity index (χ1) is 14.0. The van der Waals surface area contributed by atoms with Crippen molar-refractivity contribution >= 4 is 34.4 Å². The largest absolute Gasteiger partial charge is 0.369 e. The Morgan fingerprint density at radius 1 is 1.00 bits per heavy atom. The average molecular weight is 384 g/mol. The van der Waals surface area contributed by atoms with E-state index in [2.05, 4.69) is 22.2 Å². The molecule has 4 aromatic rings. The zero-order valence-electron chi connectivity index (χ0n) is 15.9. The normalized spacial score (nSPS) is 10.8. The summed E-state index contributed by atoms with van der Waals surface area (Å²) in [5.74, 6) is -0.277. The number of benzene rings is 3. The fourth-order valence-electron chi connectivity index (χ4n) is 3.27. The molecule has 0 fully saturated rings. The maximum absolute atomic E-state index is 13.1. The molecule has 6 heteroatoms. The number of imidazole rings is 1. The number of carbonyl (C=O) groups is 2. The van der Waals surface area contributed by atoms with Crippen molar-refractivity contribution in [3.63, 3.8) is 0 Å². The van der Waals surface area contributed by atoms with E-state index in [0.717, 1.165) is 12.0 Å². The number of aromatic amines is 1. The highest BCUT2D eigenvalue weighted by molar-refractivity contribution is 6.18. The number of fused-ring (bicyclic) bond motifs is 1. The van der Waals surface area contributed by atoms with E-state index >= 15 is 0 Å². The van der Waals surface area contributed by atoms with Gasteiger partial charge in [-0.3, -0.25) is 9.59 Å². The lowest BCUT2D eigenvalue weighted by molar-refractivity contribution is 0.0996. The van der Waals surface area contributed by atoms with Gasteiger partial charge >= 0.3 is 0 Å². The van der Waals surface area contributed by atoms with E-state index in [4.69, 9.17) is 5.73 Å². The van der Waals surface area contributed by atoms with Crippen LogP contribution in [0.1, 0.15) is 38.8 Å². The van der Waals surface area contributed by atoms with Crippen LogP contribution >= 0.6 is 0 Å². The van der Waals surface area contributed by atoms with E-state index in [-0.39, 0.29) is 11.7 Å². The molecular formula is C23H20N4O2. The molecule has 4 rings (SSSR count). The number of rotatable bonds is 5. The molecule has 0 atom stereocenters. The SMILES string of the molecule is CCc1cccc(NC(=O)c2ccccc2C(=O)c2ccc3nc(N)[nH]c3c2)c1. The fraction of sp³-hybridized carbons (Fsp3) is 0.0870. The quantitative estimate of drug-likeness (QED) is 0.449. The molecule has 3 aromatic carbocycles. The average Bonchev–Trinajstić information content (AvgIpc) is 3.12. The molecule has 1 amide bonds. The molecule has 0 aliphatic heterocycles. The number of nitrogen functional groups attached to an aromatic ring is 1. The predicted octanol–water partition coefficient (Wildman–Crippen LogP) is 4.19. The van der Waals surface area contributed by atoms with Crippen molar-refractivity contribution in [3.8, 4) is 0 Å². The number of nitrogens with one attached hydrogen (secondary N) is 2. The van der Waals surface area contributed by atoms with E-state index in [1.807, 2.05) is 24.3 Å². The number of carbonyl (C=O) groups excluding carboxylic acids is 2. The lowest BCUT2D eigenvalue weighted by Gasteiger charge is -2.10. The van der Waals surface area contributed by atoms with Crippen molar-refractivity contribution in [2.24, 2.45) is 0 Å². The maximum atomic E-state index is 13.1. The van der Waals surface area contributed by atoms with Gasteiger partial charge < -0.3 is 16.0 Å². The molecule has 1 aromatic heterocycles.